The molecule has 0 heterocycles. The number of hydrogen-bond donors (Lipinski definition) is 1. The predicted molar refractivity (Wildman–Crippen MR) is 76.7 cm³/mol. The molecule has 0 saturated heterocycles. The second-order valence-corrected chi connectivity index (χ2v) is 6.78. The van der Waals surface area contributed by atoms with E-state index in [1.54, 1.807) is 0 Å². The Morgan fingerprint density at radius 3 is 2.67 bits per heavy atom. The van der Waals surface area contributed by atoms with Crippen molar-refractivity contribution in [3.63, 3.8) is 0 Å². The summed E-state index contributed by atoms with van der Waals surface area (Å²) in [6.07, 6.45) is 8.35. The summed E-state index contributed by atoms with van der Waals surface area (Å²) in [6.45, 7) is 7.06. The number of ether oxygens (including phenoxy) is 1. The van der Waals surface area contributed by atoms with Gasteiger partial charge in [-0.1, -0.05) is 20.3 Å². The van der Waals surface area contributed by atoms with Crippen LogP contribution in [0.1, 0.15) is 52.4 Å². The molecule has 2 fully saturated rings. The number of rotatable bonds is 7. The number of nitrogens with one attached hydrogen (secondary N) is 1. The SMILES string of the molecule is COCCC(C)C1CC(C)CCC1CNC1CC1. The molecular formula is C16H31NO. The van der Waals surface area contributed by atoms with Gasteiger partial charge in [0.2, 0.25) is 0 Å². The smallest absolute Gasteiger partial charge is 0.0464 e. The Kier molecular flexibility index (Phi) is 5.50. The quantitative estimate of drug-likeness (QED) is 0.750. The third-order valence-electron chi connectivity index (χ3n) is 5.06. The van der Waals surface area contributed by atoms with Crippen LogP contribution in [0.5, 0.6) is 0 Å². The van der Waals surface area contributed by atoms with Crippen LogP contribution < -0.4 is 5.32 Å². The summed E-state index contributed by atoms with van der Waals surface area (Å²) in [5, 5.41) is 3.75. The van der Waals surface area contributed by atoms with Crippen LogP contribution in [0.25, 0.3) is 0 Å². The molecule has 0 aromatic carbocycles. The average molecular weight is 253 g/mol. The van der Waals surface area contributed by atoms with Crippen LogP contribution >= 0.6 is 0 Å². The maximum Gasteiger partial charge on any atom is 0.0464 e. The molecule has 0 radical (unpaired) electrons. The summed E-state index contributed by atoms with van der Waals surface area (Å²) in [5.41, 5.74) is 0. The van der Waals surface area contributed by atoms with E-state index >= 15 is 0 Å². The normalized spacial score (nSPS) is 34.5. The van der Waals surface area contributed by atoms with E-state index in [2.05, 4.69) is 19.2 Å². The van der Waals surface area contributed by atoms with Crippen molar-refractivity contribution in [3.8, 4) is 0 Å². The minimum Gasteiger partial charge on any atom is -0.385 e. The molecule has 106 valence electrons. The van der Waals surface area contributed by atoms with Crippen molar-refractivity contribution in [2.75, 3.05) is 20.3 Å². The molecule has 0 aromatic rings. The first-order valence-electron chi connectivity index (χ1n) is 7.93. The summed E-state index contributed by atoms with van der Waals surface area (Å²) < 4.78 is 5.26. The first-order chi connectivity index (χ1) is 8.70. The van der Waals surface area contributed by atoms with Gasteiger partial charge in [-0.25, -0.2) is 0 Å². The van der Waals surface area contributed by atoms with Gasteiger partial charge in [-0.3, -0.25) is 0 Å². The fourth-order valence-corrected chi connectivity index (χ4v) is 3.56. The Bertz CT molecular complexity index is 239. The van der Waals surface area contributed by atoms with E-state index in [0.717, 1.165) is 36.3 Å². The summed E-state index contributed by atoms with van der Waals surface area (Å²) in [6, 6.07) is 0.860. The first-order valence-corrected chi connectivity index (χ1v) is 7.93. The Morgan fingerprint density at radius 2 is 2.00 bits per heavy atom. The standard InChI is InChI=1S/C16H31NO/c1-12-4-5-14(11-17-15-6-7-15)16(10-12)13(2)8-9-18-3/h12-17H,4-11H2,1-3H3. The van der Waals surface area contributed by atoms with Crippen LogP contribution in [-0.2, 0) is 4.74 Å². The molecule has 4 atom stereocenters. The molecule has 2 aliphatic rings. The molecule has 2 rings (SSSR count). The van der Waals surface area contributed by atoms with Gasteiger partial charge in [-0.05, 0) is 62.3 Å². The molecule has 2 saturated carbocycles. The summed E-state index contributed by atoms with van der Waals surface area (Å²) in [4.78, 5) is 0. The van der Waals surface area contributed by atoms with Gasteiger partial charge < -0.3 is 10.1 Å². The second kappa shape index (κ2) is 6.91. The molecule has 1 N–H and O–H groups in total. The first kappa shape index (κ1) is 14.3. The average Bonchev–Trinajstić information content (AvgIpc) is 3.18. The topological polar surface area (TPSA) is 21.3 Å². The van der Waals surface area contributed by atoms with Crippen molar-refractivity contribution in [3.05, 3.63) is 0 Å². The van der Waals surface area contributed by atoms with Crippen LogP contribution in [0.2, 0.25) is 0 Å². The molecule has 2 nitrogen and oxygen atoms in total. The van der Waals surface area contributed by atoms with Crippen molar-refractivity contribution in [1.29, 1.82) is 0 Å². The van der Waals surface area contributed by atoms with Gasteiger partial charge in [0.1, 0.15) is 0 Å². The van der Waals surface area contributed by atoms with E-state index in [-0.39, 0.29) is 0 Å². The maximum absolute atomic E-state index is 5.26. The predicted octanol–water partition coefficient (Wildman–Crippen LogP) is 3.46. The fourth-order valence-electron chi connectivity index (χ4n) is 3.56. The van der Waals surface area contributed by atoms with Gasteiger partial charge >= 0.3 is 0 Å². The largest absolute Gasteiger partial charge is 0.385 e. The second-order valence-electron chi connectivity index (χ2n) is 6.78. The minimum atomic E-state index is 0.818. The fraction of sp³-hybridized carbons (Fsp3) is 1.00. The van der Waals surface area contributed by atoms with Gasteiger partial charge in [-0.2, -0.15) is 0 Å². The molecule has 0 aromatic heterocycles. The Morgan fingerprint density at radius 1 is 1.22 bits per heavy atom. The van der Waals surface area contributed by atoms with Crippen molar-refractivity contribution in [2.24, 2.45) is 23.7 Å². The minimum absolute atomic E-state index is 0.818. The zero-order valence-corrected chi connectivity index (χ0v) is 12.5. The lowest BCUT2D eigenvalue weighted by Crippen LogP contribution is -2.36. The highest BCUT2D eigenvalue weighted by Gasteiger charge is 2.33. The van der Waals surface area contributed by atoms with E-state index < -0.39 is 0 Å². The van der Waals surface area contributed by atoms with E-state index in [4.69, 9.17) is 4.74 Å². The lowest BCUT2D eigenvalue weighted by molar-refractivity contribution is 0.101. The van der Waals surface area contributed by atoms with E-state index in [9.17, 15) is 0 Å². The molecule has 18 heavy (non-hydrogen) atoms. The van der Waals surface area contributed by atoms with Gasteiger partial charge in [0, 0.05) is 19.8 Å². The van der Waals surface area contributed by atoms with E-state index in [1.165, 1.54) is 45.1 Å². The highest BCUT2D eigenvalue weighted by molar-refractivity contribution is 4.87. The number of hydrogen-bond acceptors (Lipinski definition) is 2. The Labute approximate surface area is 113 Å². The summed E-state index contributed by atoms with van der Waals surface area (Å²) >= 11 is 0. The molecule has 0 aliphatic heterocycles. The van der Waals surface area contributed by atoms with Crippen molar-refractivity contribution < 1.29 is 4.74 Å². The molecular weight excluding hydrogens is 222 g/mol. The molecule has 0 amide bonds. The highest BCUT2D eigenvalue weighted by atomic mass is 16.5. The number of methoxy groups -OCH3 is 1. The third kappa shape index (κ3) is 4.24. The van der Waals surface area contributed by atoms with Gasteiger partial charge in [0.05, 0.1) is 0 Å². The molecule has 0 spiro atoms. The van der Waals surface area contributed by atoms with Crippen LogP contribution in [0.15, 0.2) is 0 Å². The summed E-state index contributed by atoms with van der Waals surface area (Å²) in [5.74, 6) is 3.57. The lowest BCUT2D eigenvalue weighted by Gasteiger charge is -2.39. The monoisotopic (exact) mass is 253 g/mol. The third-order valence-corrected chi connectivity index (χ3v) is 5.06. The van der Waals surface area contributed by atoms with Crippen LogP contribution in [0.4, 0.5) is 0 Å². The van der Waals surface area contributed by atoms with Crippen LogP contribution in [0.3, 0.4) is 0 Å². The van der Waals surface area contributed by atoms with Crippen molar-refractivity contribution in [2.45, 2.75) is 58.4 Å². The van der Waals surface area contributed by atoms with Crippen molar-refractivity contribution in [1.82, 2.24) is 5.32 Å². The zero-order valence-electron chi connectivity index (χ0n) is 12.5. The highest BCUT2D eigenvalue weighted by Crippen LogP contribution is 2.39. The Hall–Kier alpha value is -0.0800. The maximum atomic E-state index is 5.26. The van der Waals surface area contributed by atoms with Crippen LogP contribution in [-0.4, -0.2) is 26.3 Å². The van der Waals surface area contributed by atoms with E-state index in [1.807, 2.05) is 7.11 Å². The summed E-state index contributed by atoms with van der Waals surface area (Å²) in [7, 11) is 1.82. The van der Waals surface area contributed by atoms with E-state index in [0.29, 0.717) is 0 Å². The molecule has 0 bridgehead atoms. The lowest BCUT2D eigenvalue weighted by atomic mass is 9.69. The molecule has 2 heteroatoms. The zero-order chi connectivity index (χ0) is 13.0. The van der Waals surface area contributed by atoms with Crippen molar-refractivity contribution >= 4 is 0 Å². The van der Waals surface area contributed by atoms with Gasteiger partial charge in [0.15, 0.2) is 0 Å². The van der Waals surface area contributed by atoms with Crippen LogP contribution in [0, 0.1) is 23.7 Å². The van der Waals surface area contributed by atoms with Gasteiger partial charge in [0.25, 0.3) is 0 Å². The molecule has 4 unspecified atom stereocenters. The molecule has 2 aliphatic carbocycles. The van der Waals surface area contributed by atoms with Gasteiger partial charge in [-0.15, -0.1) is 0 Å². The Balaban J connectivity index is 1.82.